The van der Waals surface area contributed by atoms with Crippen molar-refractivity contribution in [3.63, 3.8) is 0 Å². The molecule has 0 heterocycles. The van der Waals surface area contributed by atoms with Crippen LogP contribution in [0.2, 0.25) is 0 Å². The molecule has 7 nitrogen and oxygen atoms in total. The first kappa shape index (κ1) is 21.8. The first-order chi connectivity index (χ1) is 10.5. The number of nitrogens with one attached hydrogen (secondary N) is 2. The Balaban J connectivity index is 4.92. The van der Waals surface area contributed by atoms with Crippen LogP contribution in [0.25, 0.3) is 0 Å². The largest absolute Gasteiger partial charge is 0.390 e. The maximum atomic E-state index is 12.1. The van der Waals surface area contributed by atoms with Gasteiger partial charge < -0.3 is 15.4 Å². The fraction of sp³-hybridized carbons (Fsp3) is 0.714. The smallest absolute Gasteiger partial charge is 0.336 e. The molecule has 0 unspecified atom stereocenters. The zero-order chi connectivity index (χ0) is 18.2. The molecular formula is C14H24N2O5S2. The van der Waals surface area contributed by atoms with Gasteiger partial charge in [-0.05, 0) is 24.7 Å². The zero-order valence-corrected chi connectivity index (χ0v) is 15.4. The Morgan fingerprint density at radius 1 is 0.783 bits per heavy atom. The van der Waals surface area contributed by atoms with Gasteiger partial charge in [0.15, 0.2) is 0 Å². The number of thiol groups is 2. The van der Waals surface area contributed by atoms with Gasteiger partial charge in [0.2, 0.25) is 0 Å². The van der Waals surface area contributed by atoms with Crippen molar-refractivity contribution in [2.75, 3.05) is 0 Å². The topological polar surface area (TPSA) is 102 Å². The van der Waals surface area contributed by atoms with Crippen molar-refractivity contribution in [2.45, 2.75) is 52.6 Å². The summed E-state index contributed by atoms with van der Waals surface area (Å²) in [5.41, 5.74) is 0. The van der Waals surface area contributed by atoms with E-state index in [4.69, 9.17) is 4.74 Å². The van der Waals surface area contributed by atoms with E-state index in [0.717, 1.165) is 0 Å². The van der Waals surface area contributed by atoms with Gasteiger partial charge in [-0.15, -0.1) is 0 Å². The second-order valence-corrected chi connectivity index (χ2v) is 6.82. The Hall–Kier alpha value is -1.22. The van der Waals surface area contributed by atoms with Crippen LogP contribution in [0.15, 0.2) is 0 Å². The monoisotopic (exact) mass is 364 g/mol. The van der Waals surface area contributed by atoms with Crippen molar-refractivity contribution in [3.8, 4) is 0 Å². The second-order valence-electron chi connectivity index (χ2n) is 6.00. The highest BCUT2D eigenvalue weighted by atomic mass is 32.1. The molecule has 0 spiro atoms. The quantitative estimate of drug-likeness (QED) is 0.300. The number of rotatable bonds is 8. The lowest BCUT2D eigenvalue weighted by atomic mass is 10.0. The highest BCUT2D eigenvalue weighted by Crippen LogP contribution is 2.11. The molecule has 0 saturated carbocycles. The molecule has 23 heavy (non-hydrogen) atoms. The lowest BCUT2D eigenvalue weighted by Crippen LogP contribution is -2.46. The van der Waals surface area contributed by atoms with Gasteiger partial charge in [-0.3, -0.25) is 9.59 Å². The summed E-state index contributed by atoms with van der Waals surface area (Å²) < 4.78 is 4.80. The predicted molar refractivity (Wildman–Crippen MR) is 92.6 cm³/mol. The highest BCUT2D eigenvalue weighted by Gasteiger charge is 2.29. The fourth-order valence-corrected chi connectivity index (χ4v) is 2.22. The van der Waals surface area contributed by atoms with Gasteiger partial charge in [0.25, 0.3) is 10.5 Å². The zero-order valence-electron chi connectivity index (χ0n) is 13.7. The average Bonchev–Trinajstić information content (AvgIpc) is 2.34. The Morgan fingerprint density at radius 2 is 1.09 bits per heavy atom. The summed E-state index contributed by atoms with van der Waals surface area (Å²) in [6.45, 7) is 7.43. The molecule has 0 aromatic heterocycles. The Labute approximate surface area is 147 Å². The third-order valence-electron chi connectivity index (χ3n) is 2.78. The molecule has 2 atom stereocenters. The molecule has 0 aliphatic heterocycles. The van der Waals surface area contributed by atoms with E-state index in [1.165, 1.54) is 0 Å². The van der Waals surface area contributed by atoms with Crippen LogP contribution in [0.4, 0.5) is 9.59 Å². The first-order valence-electron chi connectivity index (χ1n) is 7.27. The molecule has 0 fully saturated rings. The lowest BCUT2D eigenvalue weighted by molar-refractivity contribution is -0.162. The van der Waals surface area contributed by atoms with Crippen molar-refractivity contribution in [1.29, 1.82) is 0 Å². The van der Waals surface area contributed by atoms with Gasteiger partial charge in [0.1, 0.15) is 12.1 Å². The van der Waals surface area contributed by atoms with Crippen molar-refractivity contribution >= 4 is 47.7 Å². The standard InChI is InChI=1S/C14H24N2O5S2/c1-7(2)5-9(15-13(19)22)11(17)21-12(18)10(6-8(3)4)16-14(20)23/h7-10H,5-6H2,1-4H3,(H2,15,19,22)(H2,16,20,23)/t9-,10-/m0/s1. The summed E-state index contributed by atoms with van der Waals surface area (Å²) in [4.78, 5) is 46.2. The molecule has 0 radical (unpaired) electrons. The third kappa shape index (κ3) is 10.2. The normalized spacial score (nSPS) is 13.4. The summed E-state index contributed by atoms with van der Waals surface area (Å²) in [5.74, 6) is -1.58. The van der Waals surface area contributed by atoms with Crippen LogP contribution < -0.4 is 10.6 Å². The van der Waals surface area contributed by atoms with Crippen LogP contribution >= 0.6 is 25.3 Å². The molecule has 2 amide bonds. The molecule has 0 aromatic carbocycles. The Morgan fingerprint density at radius 3 is 1.30 bits per heavy atom. The number of amides is 2. The van der Waals surface area contributed by atoms with E-state index < -0.39 is 34.5 Å². The fourth-order valence-electron chi connectivity index (χ4n) is 1.91. The maximum absolute atomic E-state index is 12.1. The molecule has 0 rings (SSSR count). The average molecular weight is 364 g/mol. The van der Waals surface area contributed by atoms with Crippen LogP contribution in [-0.4, -0.2) is 34.5 Å². The molecule has 2 N–H and O–H groups in total. The number of ether oxygens (including phenoxy) is 1. The van der Waals surface area contributed by atoms with E-state index in [9.17, 15) is 19.2 Å². The minimum Gasteiger partial charge on any atom is -0.390 e. The van der Waals surface area contributed by atoms with Gasteiger partial charge >= 0.3 is 11.9 Å². The van der Waals surface area contributed by atoms with E-state index in [1.54, 1.807) is 0 Å². The van der Waals surface area contributed by atoms with Gasteiger partial charge in [-0.1, -0.05) is 53.0 Å². The lowest BCUT2D eigenvalue weighted by Gasteiger charge is -2.21. The summed E-state index contributed by atoms with van der Waals surface area (Å²) >= 11 is 7.13. The number of carbonyl (C=O) groups excluding carboxylic acids is 4. The second kappa shape index (κ2) is 10.5. The summed E-state index contributed by atoms with van der Waals surface area (Å²) in [6, 6.07) is -1.95. The molecule has 0 aliphatic rings. The Bertz CT molecular complexity index is 414. The van der Waals surface area contributed by atoms with Crippen molar-refractivity contribution in [1.82, 2.24) is 10.6 Å². The minimum absolute atomic E-state index is 0.0893. The van der Waals surface area contributed by atoms with E-state index in [-0.39, 0.29) is 11.8 Å². The Kier molecular flexibility index (Phi) is 9.98. The summed E-state index contributed by atoms with van der Waals surface area (Å²) in [6.07, 6.45) is 0.596. The number of hydrogen-bond donors (Lipinski definition) is 4. The molecule has 0 aromatic rings. The first-order valence-corrected chi connectivity index (χ1v) is 8.16. The van der Waals surface area contributed by atoms with E-state index >= 15 is 0 Å². The number of hydrogen-bond acceptors (Lipinski definition) is 5. The SMILES string of the molecule is CC(C)C[C@H](NC(=O)S)C(=O)OC(=O)[C@H](CC(C)C)NC(=O)S. The van der Waals surface area contributed by atoms with Crippen LogP contribution in [-0.2, 0) is 14.3 Å². The highest BCUT2D eigenvalue weighted by molar-refractivity contribution is 7.96. The number of esters is 2. The van der Waals surface area contributed by atoms with Crippen molar-refractivity contribution < 1.29 is 23.9 Å². The van der Waals surface area contributed by atoms with Crippen LogP contribution in [0.3, 0.4) is 0 Å². The molecular weight excluding hydrogens is 340 g/mol. The molecule has 132 valence electrons. The minimum atomic E-state index is -0.977. The van der Waals surface area contributed by atoms with E-state index in [2.05, 4.69) is 35.9 Å². The number of carbonyl (C=O) groups is 4. The molecule has 0 bridgehead atoms. The van der Waals surface area contributed by atoms with Gasteiger partial charge in [-0.25, -0.2) is 9.59 Å². The van der Waals surface area contributed by atoms with Gasteiger partial charge in [0, 0.05) is 0 Å². The third-order valence-corrected chi connectivity index (χ3v) is 3.04. The van der Waals surface area contributed by atoms with Crippen LogP contribution in [0.1, 0.15) is 40.5 Å². The van der Waals surface area contributed by atoms with Gasteiger partial charge in [0.05, 0.1) is 0 Å². The molecule has 0 aliphatic carbocycles. The van der Waals surface area contributed by atoms with Crippen molar-refractivity contribution in [2.24, 2.45) is 11.8 Å². The van der Waals surface area contributed by atoms with Gasteiger partial charge in [-0.2, -0.15) is 0 Å². The predicted octanol–water partition coefficient (Wildman–Crippen LogP) is 2.16. The summed E-state index contributed by atoms with van der Waals surface area (Å²) in [5, 5.41) is 3.28. The molecule has 0 saturated heterocycles. The molecule has 9 heteroatoms. The summed E-state index contributed by atoms with van der Waals surface area (Å²) in [7, 11) is 0. The van der Waals surface area contributed by atoms with Crippen molar-refractivity contribution in [3.05, 3.63) is 0 Å². The van der Waals surface area contributed by atoms with E-state index in [1.807, 2.05) is 27.7 Å². The maximum Gasteiger partial charge on any atom is 0.336 e. The van der Waals surface area contributed by atoms with E-state index in [0.29, 0.717) is 12.8 Å². The van der Waals surface area contributed by atoms with Crippen LogP contribution in [0.5, 0.6) is 0 Å². The van der Waals surface area contributed by atoms with Crippen LogP contribution in [0, 0.1) is 11.8 Å².